The summed E-state index contributed by atoms with van der Waals surface area (Å²) in [4.78, 5) is 0. The number of rotatable bonds is 0. The fraction of sp³-hybridized carbons (Fsp3) is 1.00. The second kappa shape index (κ2) is 10.0. The second-order valence-corrected chi connectivity index (χ2v) is 0.632. The molecule has 0 aliphatic rings. The molecule has 4 heteroatoms. The molecule has 0 aliphatic heterocycles. The van der Waals surface area contributed by atoms with E-state index in [0.717, 1.165) is 0 Å². The van der Waals surface area contributed by atoms with Crippen molar-refractivity contribution >= 4 is 0 Å². The maximum Gasteiger partial charge on any atom is 1.00 e. The van der Waals surface area contributed by atoms with Crippen LogP contribution in [0.5, 0.6) is 0 Å². The van der Waals surface area contributed by atoms with Gasteiger partial charge in [0.1, 0.15) is 6.29 Å². The summed E-state index contributed by atoms with van der Waals surface area (Å²) in [6.45, 7) is 1.28. The van der Waals surface area contributed by atoms with Crippen LogP contribution in [0.3, 0.4) is 0 Å². The minimum Gasteiger partial charge on any atom is -1.00 e. The molecule has 0 rings (SSSR count). The molecule has 0 aromatic carbocycles. The van der Waals surface area contributed by atoms with E-state index in [4.69, 9.17) is 10.2 Å². The fourth-order valence-corrected chi connectivity index (χ4v) is 0. The van der Waals surface area contributed by atoms with Crippen LogP contribution in [-0.4, -0.2) is 16.5 Å². The van der Waals surface area contributed by atoms with E-state index in [2.05, 4.69) is 0 Å². The molecule has 0 unspecified atom stereocenters. The average molecular weight is 110 g/mol. The van der Waals surface area contributed by atoms with Crippen LogP contribution in [0.4, 0.5) is 0 Å². The number of hydrogen-bond donors (Lipinski definition) is 2. The Kier molecular flexibility index (Phi) is 26.2. The van der Waals surface area contributed by atoms with Gasteiger partial charge in [0.25, 0.3) is 0 Å². The van der Waals surface area contributed by atoms with Crippen molar-refractivity contribution in [2.24, 2.45) is 0 Å². The SMILES string of the molecule is CC(O)O.[H-].[H-].[Na+].[Na+]. The molecule has 0 aromatic rings. The Morgan fingerprint density at radius 3 is 1.33 bits per heavy atom. The normalized spacial score (nSPS) is 6.00. The summed E-state index contributed by atoms with van der Waals surface area (Å²) in [5.41, 5.74) is 0. The summed E-state index contributed by atoms with van der Waals surface area (Å²) in [6, 6.07) is 0. The maximum absolute atomic E-state index is 7.61. The van der Waals surface area contributed by atoms with Crippen molar-refractivity contribution in [2.75, 3.05) is 0 Å². The van der Waals surface area contributed by atoms with Gasteiger partial charge in [-0.1, -0.05) is 0 Å². The van der Waals surface area contributed by atoms with E-state index < -0.39 is 6.29 Å². The Morgan fingerprint density at radius 2 is 1.33 bits per heavy atom. The van der Waals surface area contributed by atoms with Crippen LogP contribution in [-0.2, 0) is 0 Å². The van der Waals surface area contributed by atoms with Gasteiger partial charge in [0.15, 0.2) is 0 Å². The Bertz CT molecular complexity index is 20.8. The number of aliphatic hydroxyl groups excluding tert-OH is 1. The molecule has 0 saturated carbocycles. The fourth-order valence-electron chi connectivity index (χ4n) is 0. The molecule has 0 spiro atoms. The third-order valence-electron chi connectivity index (χ3n) is 0. The third-order valence-corrected chi connectivity index (χ3v) is 0. The predicted octanol–water partition coefficient (Wildman–Crippen LogP) is -6.45. The van der Waals surface area contributed by atoms with Crippen LogP contribution < -0.4 is 59.1 Å². The van der Waals surface area contributed by atoms with Gasteiger partial charge in [-0.2, -0.15) is 0 Å². The van der Waals surface area contributed by atoms with E-state index in [1.165, 1.54) is 6.92 Å². The molecule has 0 aliphatic carbocycles. The smallest absolute Gasteiger partial charge is 1.00 e. The molecule has 0 amide bonds. The summed E-state index contributed by atoms with van der Waals surface area (Å²) in [5.74, 6) is 0. The first-order valence-electron chi connectivity index (χ1n) is 1.09. The summed E-state index contributed by atoms with van der Waals surface area (Å²) in [5, 5.41) is 15.2. The summed E-state index contributed by atoms with van der Waals surface area (Å²) in [7, 11) is 0. The third kappa shape index (κ3) is 38.9. The van der Waals surface area contributed by atoms with Gasteiger partial charge in [-0.3, -0.25) is 0 Å². The molecule has 30 valence electrons. The zero-order chi connectivity index (χ0) is 3.58. The van der Waals surface area contributed by atoms with Crippen LogP contribution in [0.1, 0.15) is 9.78 Å². The van der Waals surface area contributed by atoms with Gasteiger partial charge in [-0.25, -0.2) is 0 Å². The Morgan fingerprint density at radius 1 is 1.33 bits per heavy atom. The van der Waals surface area contributed by atoms with E-state index in [1.807, 2.05) is 0 Å². The van der Waals surface area contributed by atoms with Gasteiger partial charge >= 0.3 is 59.1 Å². The molecule has 0 fully saturated rings. The van der Waals surface area contributed by atoms with Gasteiger partial charge in [-0.05, 0) is 6.92 Å². The number of hydrogen-bond acceptors (Lipinski definition) is 2. The van der Waals surface area contributed by atoms with Crippen LogP contribution in [0.25, 0.3) is 0 Å². The average Bonchev–Trinajstić information content (AvgIpc) is 0.811. The topological polar surface area (TPSA) is 40.5 Å². The first-order valence-corrected chi connectivity index (χ1v) is 1.09. The van der Waals surface area contributed by atoms with E-state index in [1.54, 1.807) is 0 Å². The molecular weight excluding hydrogens is 102 g/mol. The van der Waals surface area contributed by atoms with Crippen LogP contribution in [0, 0.1) is 0 Å². The quantitative estimate of drug-likeness (QED) is 0.240. The first-order chi connectivity index (χ1) is 1.73. The first kappa shape index (κ1) is 15.7. The Labute approximate surface area is 84.5 Å². The standard InChI is InChI=1S/C2H6O2.2Na.2H/c1-2(3)4;;;;/h2-4H,1H3;;;;/q;2*+1;2*-1. The van der Waals surface area contributed by atoms with Crippen LogP contribution in [0.15, 0.2) is 0 Å². The molecule has 2 N–H and O–H groups in total. The Hall–Kier alpha value is 1.92. The summed E-state index contributed by atoms with van der Waals surface area (Å²) in [6.07, 6.45) is -1.17. The minimum absolute atomic E-state index is 0. The van der Waals surface area contributed by atoms with Crippen molar-refractivity contribution in [3.05, 3.63) is 0 Å². The molecule has 6 heavy (non-hydrogen) atoms. The molecule has 0 bridgehead atoms. The molecule has 0 aromatic heterocycles. The van der Waals surface area contributed by atoms with Crippen LogP contribution >= 0.6 is 0 Å². The minimum atomic E-state index is -1.17. The second-order valence-electron chi connectivity index (χ2n) is 0.632. The monoisotopic (exact) mass is 110 g/mol. The van der Waals surface area contributed by atoms with Gasteiger partial charge in [0, 0.05) is 0 Å². The maximum atomic E-state index is 7.61. The van der Waals surface area contributed by atoms with Gasteiger partial charge < -0.3 is 13.1 Å². The van der Waals surface area contributed by atoms with Crippen molar-refractivity contribution < 1.29 is 72.2 Å². The van der Waals surface area contributed by atoms with Crippen molar-refractivity contribution in [2.45, 2.75) is 13.2 Å². The van der Waals surface area contributed by atoms with Crippen molar-refractivity contribution in [1.82, 2.24) is 0 Å². The van der Waals surface area contributed by atoms with Crippen molar-refractivity contribution in [3.8, 4) is 0 Å². The molecule has 0 saturated heterocycles. The number of aliphatic hydroxyl groups is 2. The zero-order valence-electron chi connectivity index (χ0n) is 6.47. The van der Waals surface area contributed by atoms with Crippen molar-refractivity contribution in [1.29, 1.82) is 0 Å². The largest absolute Gasteiger partial charge is 1.00 e. The van der Waals surface area contributed by atoms with E-state index in [9.17, 15) is 0 Å². The summed E-state index contributed by atoms with van der Waals surface area (Å²) < 4.78 is 0. The molecule has 0 atom stereocenters. The Balaban J connectivity index is -0.00000000750. The molecule has 0 heterocycles. The van der Waals surface area contributed by atoms with Crippen molar-refractivity contribution in [3.63, 3.8) is 0 Å². The van der Waals surface area contributed by atoms with E-state index in [-0.39, 0.29) is 62.0 Å². The van der Waals surface area contributed by atoms with Gasteiger partial charge in [0.05, 0.1) is 0 Å². The zero-order valence-corrected chi connectivity index (χ0v) is 8.47. The summed E-state index contributed by atoms with van der Waals surface area (Å²) >= 11 is 0. The predicted molar refractivity (Wildman–Crippen MR) is 16.1 cm³/mol. The molecular formula is C2H8Na2O2. The van der Waals surface area contributed by atoms with Crippen LogP contribution in [0.2, 0.25) is 0 Å². The van der Waals surface area contributed by atoms with Gasteiger partial charge in [-0.15, -0.1) is 0 Å². The molecule has 0 radical (unpaired) electrons. The van der Waals surface area contributed by atoms with Gasteiger partial charge in [0.2, 0.25) is 0 Å². The molecule has 2 nitrogen and oxygen atoms in total. The van der Waals surface area contributed by atoms with E-state index >= 15 is 0 Å². The van der Waals surface area contributed by atoms with E-state index in [0.29, 0.717) is 0 Å².